The molecule has 136 valence electrons. The van der Waals surface area contributed by atoms with E-state index in [1.165, 1.54) is 32.1 Å². The summed E-state index contributed by atoms with van der Waals surface area (Å²) in [5.41, 5.74) is 0.297. The summed E-state index contributed by atoms with van der Waals surface area (Å²) in [7, 11) is -2.68. The Morgan fingerprint density at radius 1 is 0.826 bits per heavy atom. The van der Waals surface area contributed by atoms with Crippen molar-refractivity contribution in [3.8, 4) is 0 Å². The largest absolute Gasteiger partial charge is 0.519 e. The summed E-state index contributed by atoms with van der Waals surface area (Å²) >= 11 is 0. The van der Waals surface area contributed by atoms with E-state index >= 15 is 0 Å². The number of hydrogen-bond donors (Lipinski definition) is 1. The first-order valence-electron chi connectivity index (χ1n) is 9.92. The van der Waals surface area contributed by atoms with Crippen LogP contribution < -0.4 is 5.32 Å². The van der Waals surface area contributed by atoms with Gasteiger partial charge in [0.15, 0.2) is 0 Å². The Kier molecular flexibility index (Phi) is 8.54. The molecule has 23 heavy (non-hydrogen) atoms. The van der Waals surface area contributed by atoms with E-state index in [0.717, 1.165) is 51.5 Å². The van der Waals surface area contributed by atoms with Crippen molar-refractivity contribution in [2.45, 2.75) is 77.8 Å². The summed E-state index contributed by atoms with van der Waals surface area (Å²) < 4.78 is 19.2. The molecule has 2 fully saturated rings. The fraction of sp³-hybridized carbons (Fsp3) is 1.00. The molecule has 3 unspecified atom stereocenters. The molecule has 1 aliphatic heterocycles. The van der Waals surface area contributed by atoms with Crippen LogP contribution in [0.15, 0.2) is 0 Å². The quantitative estimate of drug-likeness (QED) is 0.611. The zero-order valence-electron chi connectivity index (χ0n) is 15.4. The predicted molar refractivity (Wildman–Crippen MR) is 96.3 cm³/mol. The van der Waals surface area contributed by atoms with Gasteiger partial charge in [0, 0.05) is 19.8 Å². The lowest BCUT2D eigenvalue weighted by Gasteiger charge is -2.47. The molecule has 1 saturated heterocycles. The van der Waals surface area contributed by atoms with E-state index in [1.54, 1.807) is 0 Å². The lowest BCUT2D eigenvalue weighted by Crippen LogP contribution is -2.68. The maximum Gasteiger partial charge on any atom is 0.519 e. The van der Waals surface area contributed by atoms with Gasteiger partial charge in [-0.25, -0.2) is 0 Å². The molecular formula is C18H37NO3Si. The van der Waals surface area contributed by atoms with Crippen molar-refractivity contribution >= 4 is 8.80 Å². The number of fused-ring (bicyclic) bond motifs is 1. The first kappa shape index (κ1) is 19.4. The molecule has 1 heterocycles. The molecule has 0 aromatic carbocycles. The fourth-order valence-corrected chi connectivity index (χ4v) is 7.74. The molecule has 0 aromatic rings. The third-order valence-corrected chi connectivity index (χ3v) is 8.39. The van der Waals surface area contributed by atoms with Crippen LogP contribution in [0.1, 0.15) is 72.1 Å². The minimum atomic E-state index is -2.68. The average molecular weight is 344 g/mol. The van der Waals surface area contributed by atoms with Crippen molar-refractivity contribution in [3.63, 3.8) is 0 Å². The molecular weight excluding hydrogens is 306 g/mol. The van der Waals surface area contributed by atoms with Crippen LogP contribution in [0.2, 0.25) is 0 Å². The molecule has 3 atom stereocenters. The number of nitrogens with one attached hydrogen (secondary N) is 1. The Bertz CT molecular complexity index is 306. The van der Waals surface area contributed by atoms with Gasteiger partial charge in [-0.1, -0.05) is 40.0 Å². The lowest BCUT2D eigenvalue weighted by molar-refractivity contribution is 0.0213. The minimum absolute atomic E-state index is 0.297. The molecule has 0 radical (unpaired) electrons. The van der Waals surface area contributed by atoms with Crippen molar-refractivity contribution in [1.29, 1.82) is 0 Å². The smallest absolute Gasteiger partial charge is 0.373 e. The highest BCUT2D eigenvalue weighted by atomic mass is 28.4. The van der Waals surface area contributed by atoms with E-state index in [1.807, 2.05) is 0 Å². The van der Waals surface area contributed by atoms with Crippen LogP contribution in [0.4, 0.5) is 0 Å². The number of piperidine rings is 1. The third kappa shape index (κ3) is 5.02. The van der Waals surface area contributed by atoms with Gasteiger partial charge >= 0.3 is 8.80 Å². The normalized spacial score (nSPS) is 28.6. The summed E-state index contributed by atoms with van der Waals surface area (Å²) in [6.45, 7) is 9.81. The Morgan fingerprint density at radius 2 is 1.39 bits per heavy atom. The molecule has 0 bridgehead atoms. The topological polar surface area (TPSA) is 39.7 Å². The maximum atomic E-state index is 6.40. The predicted octanol–water partition coefficient (Wildman–Crippen LogP) is 3.91. The van der Waals surface area contributed by atoms with Crippen molar-refractivity contribution < 1.29 is 13.3 Å². The monoisotopic (exact) mass is 343 g/mol. The summed E-state index contributed by atoms with van der Waals surface area (Å²) in [6, 6.07) is 0. The number of hydrogen-bond acceptors (Lipinski definition) is 4. The van der Waals surface area contributed by atoms with Gasteiger partial charge in [0.05, 0.1) is 5.67 Å². The summed E-state index contributed by atoms with van der Waals surface area (Å²) in [5, 5.41) is 3.77. The van der Waals surface area contributed by atoms with Crippen LogP contribution in [-0.2, 0) is 13.3 Å². The SMILES string of the molecule is CCCO[Si](OCCC)(OCCC)C1NCCC2CCCCC21. The van der Waals surface area contributed by atoms with Crippen molar-refractivity contribution in [1.82, 2.24) is 5.32 Å². The summed E-state index contributed by atoms with van der Waals surface area (Å²) in [4.78, 5) is 0. The van der Waals surface area contributed by atoms with Gasteiger partial charge in [0.25, 0.3) is 0 Å². The fourth-order valence-electron chi connectivity index (χ4n) is 4.12. The van der Waals surface area contributed by atoms with E-state index in [0.29, 0.717) is 11.6 Å². The van der Waals surface area contributed by atoms with Gasteiger partial charge < -0.3 is 18.6 Å². The van der Waals surface area contributed by atoms with Crippen LogP contribution >= 0.6 is 0 Å². The van der Waals surface area contributed by atoms with E-state index in [-0.39, 0.29) is 0 Å². The van der Waals surface area contributed by atoms with Crippen molar-refractivity contribution in [3.05, 3.63) is 0 Å². The second kappa shape index (κ2) is 10.1. The van der Waals surface area contributed by atoms with E-state index in [2.05, 4.69) is 26.1 Å². The first-order chi connectivity index (χ1) is 11.3. The molecule has 1 N–H and O–H groups in total. The standard InChI is InChI=1S/C18H37NO3Si/c1-4-13-20-23(21-14-5-2,22-15-6-3)18-17-10-8-7-9-16(17)11-12-19-18/h16-19H,4-15H2,1-3H3. The molecule has 0 amide bonds. The molecule has 1 saturated carbocycles. The Hall–Kier alpha value is 0.0569. The molecule has 4 nitrogen and oxygen atoms in total. The maximum absolute atomic E-state index is 6.40. The van der Waals surface area contributed by atoms with E-state index < -0.39 is 8.80 Å². The Morgan fingerprint density at radius 3 is 1.96 bits per heavy atom. The van der Waals surface area contributed by atoms with Crippen LogP contribution in [0.3, 0.4) is 0 Å². The molecule has 0 aromatic heterocycles. The number of rotatable bonds is 10. The third-order valence-electron chi connectivity index (χ3n) is 5.18. The van der Waals surface area contributed by atoms with Gasteiger partial charge in [0.1, 0.15) is 0 Å². The zero-order valence-corrected chi connectivity index (χ0v) is 16.4. The van der Waals surface area contributed by atoms with Crippen LogP contribution in [0.5, 0.6) is 0 Å². The molecule has 2 aliphatic rings. The highest BCUT2D eigenvalue weighted by Gasteiger charge is 2.55. The molecule has 5 heteroatoms. The van der Waals surface area contributed by atoms with Gasteiger partial charge in [-0.3, -0.25) is 0 Å². The molecule has 1 aliphatic carbocycles. The summed E-state index contributed by atoms with van der Waals surface area (Å²) in [5.74, 6) is 1.51. The van der Waals surface area contributed by atoms with E-state index in [4.69, 9.17) is 13.3 Å². The van der Waals surface area contributed by atoms with Gasteiger partial charge in [-0.05, 0) is 50.5 Å². The van der Waals surface area contributed by atoms with Crippen LogP contribution in [0, 0.1) is 11.8 Å². The summed E-state index contributed by atoms with van der Waals surface area (Å²) in [6.07, 6.45) is 9.77. The molecule has 2 rings (SSSR count). The Balaban J connectivity index is 2.19. The van der Waals surface area contributed by atoms with Crippen LogP contribution in [0.25, 0.3) is 0 Å². The van der Waals surface area contributed by atoms with Gasteiger partial charge in [-0.2, -0.15) is 0 Å². The lowest BCUT2D eigenvalue weighted by atomic mass is 9.75. The van der Waals surface area contributed by atoms with Crippen LogP contribution in [-0.4, -0.2) is 40.8 Å². The van der Waals surface area contributed by atoms with Crippen molar-refractivity contribution in [2.24, 2.45) is 11.8 Å². The highest BCUT2D eigenvalue weighted by molar-refractivity contribution is 6.62. The highest BCUT2D eigenvalue weighted by Crippen LogP contribution is 2.40. The second-order valence-corrected chi connectivity index (χ2v) is 9.77. The average Bonchev–Trinajstić information content (AvgIpc) is 2.61. The first-order valence-corrected chi connectivity index (χ1v) is 11.7. The molecule has 0 spiro atoms. The Labute approximate surface area is 144 Å². The van der Waals surface area contributed by atoms with E-state index in [9.17, 15) is 0 Å². The second-order valence-electron chi connectivity index (χ2n) is 7.08. The van der Waals surface area contributed by atoms with Crippen molar-refractivity contribution in [2.75, 3.05) is 26.4 Å². The van der Waals surface area contributed by atoms with Gasteiger partial charge in [-0.15, -0.1) is 0 Å². The van der Waals surface area contributed by atoms with Gasteiger partial charge in [0.2, 0.25) is 0 Å². The minimum Gasteiger partial charge on any atom is -0.373 e. The zero-order chi connectivity index (χ0) is 16.5.